The van der Waals surface area contributed by atoms with Gasteiger partial charge < -0.3 is 5.32 Å². The minimum Gasteiger partial charge on any atom is -0.354 e. The molecule has 1 N–H and O–H groups in total. The monoisotopic (exact) mass is 190 g/mol. The van der Waals surface area contributed by atoms with Crippen molar-refractivity contribution in [2.45, 2.75) is 19.2 Å². The zero-order valence-corrected chi connectivity index (χ0v) is 9.09. The fourth-order valence-electron chi connectivity index (χ4n) is 1.11. The molecule has 1 amide bonds. The highest BCUT2D eigenvalue weighted by Gasteiger charge is 2.16. The van der Waals surface area contributed by atoms with Gasteiger partial charge in [-0.1, -0.05) is 19.9 Å². The lowest BCUT2D eigenvalue weighted by Crippen LogP contribution is -2.23. The van der Waals surface area contributed by atoms with Gasteiger partial charge in [-0.15, -0.1) is 0 Å². The van der Waals surface area contributed by atoms with Gasteiger partial charge in [0.05, 0.1) is 0 Å². The molecule has 1 heterocycles. The highest BCUT2D eigenvalue weighted by molar-refractivity contribution is 6.15. The molecule has 0 aliphatic heterocycles. The summed E-state index contributed by atoms with van der Waals surface area (Å²) >= 11 is 0. The van der Waals surface area contributed by atoms with Crippen LogP contribution in [0.4, 0.5) is 0 Å². The Balaban J connectivity index is 3.08. The second-order valence-electron chi connectivity index (χ2n) is 4.24. The second-order valence-corrected chi connectivity index (χ2v) is 4.24. The minimum atomic E-state index is -0.142. The molecular weight excluding hydrogens is 175 g/mol. The van der Waals surface area contributed by atoms with Gasteiger partial charge in [0.15, 0.2) is 0 Å². The molecule has 0 unspecified atom stereocenters. The van der Waals surface area contributed by atoms with Crippen LogP contribution in [0.25, 0.3) is 0 Å². The summed E-state index contributed by atoms with van der Waals surface area (Å²) in [6.07, 6.45) is 0. The van der Waals surface area contributed by atoms with Gasteiger partial charge in [-0.25, -0.2) is 4.98 Å². The van der Waals surface area contributed by atoms with Crippen molar-refractivity contribution in [3.8, 4) is 0 Å². The van der Waals surface area contributed by atoms with Gasteiger partial charge in [0, 0.05) is 12.7 Å². The van der Waals surface area contributed by atoms with E-state index in [2.05, 4.69) is 32.0 Å². The summed E-state index contributed by atoms with van der Waals surface area (Å²) < 4.78 is 0. The zero-order chi connectivity index (χ0) is 10.8. The van der Waals surface area contributed by atoms with Crippen molar-refractivity contribution in [1.82, 2.24) is 10.3 Å². The Bertz CT molecular complexity index is 344. The van der Waals surface area contributed by atoms with Crippen LogP contribution in [-0.4, -0.2) is 25.8 Å². The summed E-state index contributed by atoms with van der Waals surface area (Å²) in [7, 11) is 3.68. The average molecular weight is 190 g/mol. The van der Waals surface area contributed by atoms with E-state index in [-0.39, 0.29) is 11.2 Å². The predicted octanol–water partition coefficient (Wildman–Crippen LogP) is 0.309. The Labute approximate surface area is 85.3 Å². The maximum Gasteiger partial charge on any atom is 0.269 e. The molecule has 0 fully saturated rings. The molecule has 0 radical (unpaired) electrons. The third-order valence-electron chi connectivity index (χ3n) is 1.98. The number of nitrogens with one attached hydrogen (secondary N) is 1. The standard InChI is InChI=1S/C10H15BN2O/c1-10(2,11)8-6-4-5-7(13-8)9(14)12-3/h4-6H,11H2,1-3H3,(H,12,14). The maximum absolute atomic E-state index is 11.3. The van der Waals surface area contributed by atoms with E-state index >= 15 is 0 Å². The van der Waals surface area contributed by atoms with E-state index < -0.39 is 0 Å². The fraction of sp³-hybridized carbons (Fsp3) is 0.400. The first kappa shape index (κ1) is 10.8. The topological polar surface area (TPSA) is 42.0 Å². The summed E-state index contributed by atoms with van der Waals surface area (Å²) in [5.41, 5.74) is 1.40. The highest BCUT2D eigenvalue weighted by Crippen LogP contribution is 2.16. The Hall–Kier alpha value is -1.32. The number of aromatic nitrogens is 1. The zero-order valence-electron chi connectivity index (χ0n) is 9.09. The lowest BCUT2D eigenvalue weighted by Gasteiger charge is -2.17. The van der Waals surface area contributed by atoms with Crippen LogP contribution in [0.5, 0.6) is 0 Å². The molecule has 0 saturated heterocycles. The van der Waals surface area contributed by atoms with Gasteiger partial charge in [-0.2, -0.15) is 0 Å². The van der Waals surface area contributed by atoms with E-state index in [0.717, 1.165) is 5.69 Å². The quantitative estimate of drug-likeness (QED) is 0.682. The van der Waals surface area contributed by atoms with Gasteiger partial charge in [0.1, 0.15) is 13.5 Å². The number of rotatable bonds is 2. The molecule has 1 rings (SSSR count). The minimum absolute atomic E-state index is 0.0238. The molecule has 0 bridgehead atoms. The van der Waals surface area contributed by atoms with Crippen molar-refractivity contribution < 1.29 is 4.79 Å². The van der Waals surface area contributed by atoms with E-state index in [1.165, 1.54) is 0 Å². The van der Waals surface area contributed by atoms with Crippen LogP contribution in [0.3, 0.4) is 0 Å². The first-order valence-corrected chi connectivity index (χ1v) is 4.65. The van der Waals surface area contributed by atoms with Crippen LogP contribution in [0.2, 0.25) is 0 Å². The molecule has 0 atom stereocenters. The predicted molar refractivity (Wildman–Crippen MR) is 59.2 cm³/mol. The average Bonchev–Trinajstić information content (AvgIpc) is 2.15. The van der Waals surface area contributed by atoms with Gasteiger partial charge in [0.2, 0.25) is 0 Å². The van der Waals surface area contributed by atoms with Gasteiger partial charge >= 0.3 is 0 Å². The first-order chi connectivity index (χ1) is 6.45. The van der Waals surface area contributed by atoms with Crippen molar-refractivity contribution in [2.75, 3.05) is 7.05 Å². The molecule has 0 saturated carbocycles. The van der Waals surface area contributed by atoms with Gasteiger partial charge in [0.25, 0.3) is 5.91 Å². The van der Waals surface area contributed by atoms with Crippen molar-refractivity contribution in [1.29, 1.82) is 0 Å². The molecular formula is C10H15BN2O. The molecule has 0 aromatic carbocycles. The largest absolute Gasteiger partial charge is 0.354 e. The number of hydrogen-bond donors (Lipinski definition) is 1. The Morgan fingerprint density at radius 2 is 2.14 bits per heavy atom. The van der Waals surface area contributed by atoms with Crippen LogP contribution in [0.15, 0.2) is 18.2 Å². The molecule has 3 nitrogen and oxygen atoms in total. The van der Waals surface area contributed by atoms with Gasteiger partial charge in [-0.3, -0.25) is 4.79 Å². The number of carbonyl (C=O) groups excluding carboxylic acids is 1. The van der Waals surface area contributed by atoms with Crippen LogP contribution >= 0.6 is 0 Å². The number of nitrogens with zero attached hydrogens (tertiary/aromatic N) is 1. The number of pyridine rings is 1. The first-order valence-electron chi connectivity index (χ1n) is 4.65. The normalized spacial score (nSPS) is 11.1. The molecule has 74 valence electrons. The van der Waals surface area contributed by atoms with Crippen molar-refractivity contribution in [2.24, 2.45) is 0 Å². The summed E-state index contributed by atoms with van der Waals surface area (Å²) in [4.78, 5) is 15.6. The lowest BCUT2D eigenvalue weighted by molar-refractivity contribution is 0.0958. The Morgan fingerprint density at radius 1 is 1.50 bits per heavy atom. The maximum atomic E-state index is 11.3. The van der Waals surface area contributed by atoms with Crippen LogP contribution in [0, 0.1) is 0 Å². The molecule has 0 aliphatic rings. The van der Waals surface area contributed by atoms with E-state index in [9.17, 15) is 4.79 Å². The smallest absolute Gasteiger partial charge is 0.269 e. The lowest BCUT2D eigenvalue weighted by atomic mass is 9.70. The summed E-state index contributed by atoms with van der Waals surface area (Å²) in [6.45, 7) is 4.14. The van der Waals surface area contributed by atoms with E-state index in [1.807, 2.05) is 12.1 Å². The molecule has 1 aromatic rings. The third kappa shape index (κ3) is 2.34. The second kappa shape index (κ2) is 3.82. The van der Waals surface area contributed by atoms with E-state index in [1.54, 1.807) is 13.1 Å². The Kier molecular flexibility index (Phi) is 2.94. The number of carbonyl (C=O) groups is 1. The molecule has 0 spiro atoms. The third-order valence-corrected chi connectivity index (χ3v) is 1.98. The van der Waals surface area contributed by atoms with Crippen LogP contribution in [0.1, 0.15) is 30.0 Å². The SMILES string of the molecule is BC(C)(C)c1cccc(C(=O)NC)n1. The number of hydrogen-bond acceptors (Lipinski definition) is 2. The van der Waals surface area contributed by atoms with Crippen molar-refractivity contribution in [3.63, 3.8) is 0 Å². The highest BCUT2D eigenvalue weighted by atomic mass is 16.1. The molecule has 4 heteroatoms. The van der Waals surface area contributed by atoms with E-state index in [4.69, 9.17) is 0 Å². The summed E-state index contributed by atoms with van der Waals surface area (Å²) in [5.74, 6) is -0.142. The molecule has 1 aromatic heterocycles. The number of amides is 1. The summed E-state index contributed by atoms with van der Waals surface area (Å²) in [6, 6.07) is 5.51. The van der Waals surface area contributed by atoms with Crippen LogP contribution in [-0.2, 0) is 5.31 Å². The Morgan fingerprint density at radius 3 is 2.64 bits per heavy atom. The van der Waals surface area contributed by atoms with E-state index in [0.29, 0.717) is 5.69 Å². The summed E-state index contributed by atoms with van der Waals surface area (Å²) in [5, 5.41) is 2.53. The molecule has 0 aliphatic carbocycles. The fourth-order valence-corrected chi connectivity index (χ4v) is 1.11. The molecule has 14 heavy (non-hydrogen) atoms. The van der Waals surface area contributed by atoms with Gasteiger partial charge in [-0.05, 0) is 17.4 Å². The van der Waals surface area contributed by atoms with Crippen molar-refractivity contribution in [3.05, 3.63) is 29.6 Å². The van der Waals surface area contributed by atoms with Crippen LogP contribution < -0.4 is 5.32 Å². The van der Waals surface area contributed by atoms with Crippen molar-refractivity contribution >= 4 is 13.8 Å².